The fourth-order valence-corrected chi connectivity index (χ4v) is 3.98. The van der Waals surface area contributed by atoms with Gasteiger partial charge >= 0.3 is 6.18 Å². The first-order valence-electron chi connectivity index (χ1n) is 9.23. The van der Waals surface area contributed by atoms with Gasteiger partial charge in [0.1, 0.15) is 5.75 Å². The van der Waals surface area contributed by atoms with Crippen LogP contribution in [0.2, 0.25) is 0 Å². The van der Waals surface area contributed by atoms with Crippen LogP contribution in [0.3, 0.4) is 0 Å². The minimum Gasteiger partial charge on any atom is -0.484 e. The van der Waals surface area contributed by atoms with Crippen molar-refractivity contribution in [1.82, 2.24) is 10.0 Å². The van der Waals surface area contributed by atoms with Crippen molar-refractivity contribution in [3.05, 3.63) is 59.2 Å². The topological polar surface area (TPSA) is 84.5 Å². The molecule has 3 rings (SSSR count). The van der Waals surface area contributed by atoms with Crippen LogP contribution in [0, 0.1) is 6.92 Å². The minimum absolute atomic E-state index is 0.0244. The number of amides is 1. The normalized spacial score (nSPS) is 14.4. The summed E-state index contributed by atoms with van der Waals surface area (Å²) >= 11 is 0. The molecule has 1 saturated carbocycles. The molecule has 0 heterocycles. The van der Waals surface area contributed by atoms with Crippen molar-refractivity contribution in [2.45, 2.75) is 43.4 Å². The molecular weight excluding hydrogens is 421 g/mol. The molecule has 6 nitrogen and oxygen atoms in total. The Labute approximate surface area is 172 Å². The van der Waals surface area contributed by atoms with Crippen LogP contribution in [-0.2, 0) is 16.6 Å². The highest BCUT2D eigenvalue weighted by atomic mass is 32.2. The highest BCUT2D eigenvalue weighted by Crippen LogP contribution is 2.23. The molecule has 2 N–H and O–H groups in total. The van der Waals surface area contributed by atoms with E-state index in [2.05, 4.69) is 14.8 Å². The zero-order valence-electron chi connectivity index (χ0n) is 16.1. The predicted octanol–water partition coefficient (Wildman–Crippen LogP) is 3.31. The zero-order chi connectivity index (χ0) is 21.9. The van der Waals surface area contributed by atoms with E-state index in [4.69, 9.17) is 0 Å². The van der Waals surface area contributed by atoms with Crippen LogP contribution in [0.25, 0.3) is 0 Å². The second-order valence-electron chi connectivity index (χ2n) is 7.10. The Balaban J connectivity index is 1.62. The van der Waals surface area contributed by atoms with Crippen molar-refractivity contribution in [2.75, 3.05) is 6.61 Å². The smallest absolute Gasteiger partial charge is 0.422 e. The number of carbonyl (C=O) groups excluding carboxylic acids is 1. The fraction of sp³-hybridized carbons (Fsp3) is 0.350. The molecule has 0 spiro atoms. The molecule has 0 saturated heterocycles. The summed E-state index contributed by atoms with van der Waals surface area (Å²) < 4.78 is 68.5. The molecule has 0 radical (unpaired) electrons. The molecule has 0 bridgehead atoms. The molecule has 0 aromatic heterocycles. The van der Waals surface area contributed by atoms with Gasteiger partial charge in [-0.25, -0.2) is 13.1 Å². The summed E-state index contributed by atoms with van der Waals surface area (Å²) in [7, 11) is -3.68. The molecule has 1 aliphatic rings. The lowest BCUT2D eigenvalue weighted by atomic mass is 10.1. The second-order valence-corrected chi connectivity index (χ2v) is 8.82. The Morgan fingerprint density at radius 1 is 1.13 bits per heavy atom. The van der Waals surface area contributed by atoms with Gasteiger partial charge in [0.15, 0.2) is 6.61 Å². The van der Waals surface area contributed by atoms with Crippen molar-refractivity contribution < 1.29 is 31.1 Å². The number of alkyl halides is 3. The lowest BCUT2D eigenvalue weighted by Gasteiger charge is -2.12. The maximum Gasteiger partial charge on any atom is 0.422 e. The number of nitrogens with one attached hydrogen (secondary N) is 2. The Bertz CT molecular complexity index is 1020. The van der Waals surface area contributed by atoms with Gasteiger partial charge in [0.2, 0.25) is 10.0 Å². The zero-order valence-corrected chi connectivity index (χ0v) is 16.9. The summed E-state index contributed by atoms with van der Waals surface area (Å²) in [5.74, 6) is -0.382. The number of benzene rings is 2. The maximum absolute atomic E-state index is 12.6. The van der Waals surface area contributed by atoms with Crippen LogP contribution in [0.1, 0.15) is 34.3 Å². The van der Waals surface area contributed by atoms with Crippen LogP contribution >= 0.6 is 0 Å². The van der Waals surface area contributed by atoms with Crippen molar-refractivity contribution in [3.8, 4) is 5.75 Å². The quantitative estimate of drug-likeness (QED) is 0.657. The molecule has 0 aliphatic heterocycles. The van der Waals surface area contributed by atoms with Gasteiger partial charge in [-0.3, -0.25) is 4.79 Å². The van der Waals surface area contributed by atoms with Gasteiger partial charge in [-0.05, 0) is 55.2 Å². The number of carbonyl (C=O) groups is 1. The number of hydrogen-bond donors (Lipinski definition) is 2. The van der Waals surface area contributed by atoms with Crippen LogP contribution < -0.4 is 14.8 Å². The molecule has 30 heavy (non-hydrogen) atoms. The van der Waals surface area contributed by atoms with Crippen molar-refractivity contribution in [1.29, 1.82) is 0 Å². The largest absolute Gasteiger partial charge is 0.484 e. The predicted molar refractivity (Wildman–Crippen MR) is 104 cm³/mol. The molecule has 162 valence electrons. The SMILES string of the molecule is Cc1ccc(S(=O)(=O)NC2CC2)cc1C(=O)NCc1ccc(OCC(F)(F)F)cc1. The van der Waals surface area contributed by atoms with Gasteiger partial charge in [-0.15, -0.1) is 0 Å². The monoisotopic (exact) mass is 442 g/mol. The first-order valence-corrected chi connectivity index (χ1v) is 10.7. The Morgan fingerprint density at radius 2 is 1.80 bits per heavy atom. The van der Waals surface area contributed by atoms with Crippen LogP contribution in [0.15, 0.2) is 47.4 Å². The number of sulfonamides is 1. The van der Waals surface area contributed by atoms with Gasteiger partial charge < -0.3 is 10.1 Å². The van der Waals surface area contributed by atoms with Gasteiger partial charge in [-0.1, -0.05) is 18.2 Å². The summed E-state index contributed by atoms with van der Waals surface area (Å²) in [6.45, 7) is 0.443. The average molecular weight is 442 g/mol. The van der Waals surface area contributed by atoms with E-state index in [0.717, 1.165) is 12.8 Å². The summed E-state index contributed by atoms with van der Waals surface area (Å²) in [6.07, 6.45) is -2.81. The second kappa shape index (κ2) is 8.65. The van der Waals surface area contributed by atoms with E-state index in [-0.39, 0.29) is 28.8 Å². The first-order chi connectivity index (χ1) is 14.0. The van der Waals surface area contributed by atoms with E-state index in [0.29, 0.717) is 11.1 Å². The highest BCUT2D eigenvalue weighted by molar-refractivity contribution is 7.89. The van der Waals surface area contributed by atoms with E-state index >= 15 is 0 Å². The average Bonchev–Trinajstić information content (AvgIpc) is 3.48. The maximum atomic E-state index is 12.6. The van der Waals surface area contributed by atoms with E-state index in [1.54, 1.807) is 25.1 Å². The summed E-state index contributed by atoms with van der Waals surface area (Å²) in [6, 6.07) is 10.2. The highest BCUT2D eigenvalue weighted by Gasteiger charge is 2.29. The number of hydrogen-bond acceptors (Lipinski definition) is 4. The minimum atomic E-state index is -4.42. The van der Waals surface area contributed by atoms with Crippen LogP contribution in [0.4, 0.5) is 13.2 Å². The molecule has 1 aliphatic carbocycles. The summed E-state index contributed by atoms with van der Waals surface area (Å²) in [4.78, 5) is 12.6. The van der Waals surface area contributed by atoms with E-state index in [1.807, 2.05) is 0 Å². The Kier molecular flexibility index (Phi) is 6.37. The molecule has 2 aromatic rings. The molecule has 1 amide bonds. The standard InChI is InChI=1S/C20H21F3N2O4S/c1-13-2-9-17(30(27,28)25-15-5-6-15)10-18(13)19(26)24-11-14-3-7-16(8-4-14)29-12-20(21,22)23/h2-4,7-10,15,25H,5-6,11-12H2,1H3,(H,24,26). The van der Waals surface area contributed by atoms with Crippen LogP contribution in [-0.4, -0.2) is 33.1 Å². The van der Waals surface area contributed by atoms with E-state index in [9.17, 15) is 26.4 Å². The van der Waals surface area contributed by atoms with Gasteiger partial charge in [0.05, 0.1) is 4.90 Å². The molecule has 10 heteroatoms. The van der Waals surface area contributed by atoms with E-state index in [1.165, 1.54) is 24.3 Å². The summed E-state index contributed by atoms with van der Waals surface area (Å²) in [5, 5.41) is 2.69. The lowest BCUT2D eigenvalue weighted by Crippen LogP contribution is -2.27. The van der Waals surface area contributed by atoms with Crippen molar-refractivity contribution >= 4 is 15.9 Å². The lowest BCUT2D eigenvalue weighted by molar-refractivity contribution is -0.153. The number of halogens is 3. The molecule has 0 atom stereocenters. The van der Waals surface area contributed by atoms with Crippen LogP contribution in [0.5, 0.6) is 5.75 Å². The van der Waals surface area contributed by atoms with Gasteiger partial charge in [0.25, 0.3) is 5.91 Å². The number of aryl methyl sites for hydroxylation is 1. The molecule has 2 aromatic carbocycles. The first kappa shape index (κ1) is 22.1. The van der Waals surface area contributed by atoms with Crippen molar-refractivity contribution in [3.63, 3.8) is 0 Å². The summed E-state index contributed by atoms with van der Waals surface area (Å²) in [5.41, 5.74) is 1.51. The van der Waals surface area contributed by atoms with Gasteiger partial charge in [0, 0.05) is 18.2 Å². The third-order valence-electron chi connectivity index (χ3n) is 4.44. The third kappa shape index (κ3) is 6.20. The van der Waals surface area contributed by atoms with E-state index < -0.39 is 28.7 Å². The molecule has 1 fully saturated rings. The fourth-order valence-electron chi connectivity index (χ4n) is 2.65. The molecular formula is C20H21F3N2O4S. The Hall–Kier alpha value is -2.59. The Morgan fingerprint density at radius 3 is 2.40 bits per heavy atom. The third-order valence-corrected chi connectivity index (χ3v) is 5.96. The van der Waals surface area contributed by atoms with Crippen molar-refractivity contribution in [2.24, 2.45) is 0 Å². The number of rotatable bonds is 8. The van der Waals surface area contributed by atoms with Gasteiger partial charge in [-0.2, -0.15) is 13.2 Å². The number of ether oxygens (including phenoxy) is 1. The molecule has 0 unspecified atom stereocenters.